The van der Waals surface area contributed by atoms with Crippen LogP contribution in [0.2, 0.25) is 0 Å². The maximum Gasteiger partial charge on any atom is 0.164 e. The third-order valence-corrected chi connectivity index (χ3v) is 16.1. The van der Waals surface area contributed by atoms with Gasteiger partial charge in [-0.15, -0.1) is 22.7 Å². The molecule has 66 heavy (non-hydrogen) atoms. The van der Waals surface area contributed by atoms with Gasteiger partial charge in [0.15, 0.2) is 17.5 Å². The number of hydrogen-bond donors (Lipinski definition) is 0. The Labute approximate surface area is 388 Å². The van der Waals surface area contributed by atoms with Crippen LogP contribution in [0, 0.1) is 0 Å². The van der Waals surface area contributed by atoms with E-state index in [-0.39, 0.29) is 5.41 Å². The van der Waals surface area contributed by atoms with Crippen LogP contribution in [0.15, 0.2) is 192 Å². The minimum atomic E-state index is -0.0667. The van der Waals surface area contributed by atoms with Crippen LogP contribution in [0.5, 0.6) is 0 Å². The van der Waals surface area contributed by atoms with E-state index in [0.717, 1.165) is 55.1 Å². The molecule has 0 amide bonds. The van der Waals surface area contributed by atoms with E-state index >= 15 is 0 Å². The van der Waals surface area contributed by atoms with Crippen molar-refractivity contribution in [2.24, 2.45) is 0 Å². The fourth-order valence-electron chi connectivity index (χ4n) is 10.6. The SMILES string of the molecule is CC1(C)c2ccccc2-c2c(-c3cccc(-c4ccc5oc6cccc(-c7nc(-c8ccc9sc%10ccccc%10c9c8)nc(-c8cccc9sc%10ccccc%10c89)n7)c6c5c4)c3)cccc21. The van der Waals surface area contributed by atoms with Gasteiger partial charge in [0.1, 0.15) is 11.2 Å². The van der Waals surface area contributed by atoms with Crippen molar-refractivity contribution < 1.29 is 4.42 Å². The molecule has 0 saturated carbocycles. The lowest BCUT2D eigenvalue weighted by atomic mass is 9.82. The maximum absolute atomic E-state index is 6.64. The van der Waals surface area contributed by atoms with Crippen molar-refractivity contribution in [3.8, 4) is 67.5 Å². The second-order valence-electron chi connectivity index (χ2n) is 17.9. The number of thiophene rings is 2. The fourth-order valence-corrected chi connectivity index (χ4v) is 12.8. The Morgan fingerprint density at radius 1 is 0.364 bits per heavy atom. The molecule has 9 aromatic carbocycles. The summed E-state index contributed by atoms with van der Waals surface area (Å²) >= 11 is 3.61. The summed E-state index contributed by atoms with van der Waals surface area (Å²) in [6, 6.07) is 67.7. The van der Waals surface area contributed by atoms with Crippen molar-refractivity contribution in [2.75, 3.05) is 0 Å². The summed E-state index contributed by atoms with van der Waals surface area (Å²) in [5.74, 6) is 1.87. The van der Waals surface area contributed by atoms with E-state index in [9.17, 15) is 0 Å². The minimum absolute atomic E-state index is 0.0667. The van der Waals surface area contributed by atoms with E-state index in [2.05, 4.69) is 190 Å². The first-order chi connectivity index (χ1) is 32.4. The van der Waals surface area contributed by atoms with Gasteiger partial charge in [-0.1, -0.05) is 141 Å². The molecule has 6 heteroatoms. The third-order valence-electron chi connectivity index (χ3n) is 13.8. The zero-order chi connectivity index (χ0) is 43.7. The van der Waals surface area contributed by atoms with E-state index < -0.39 is 0 Å². The summed E-state index contributed by atoms with van der Waals surface area (Å²) in [6.45, 7) is 4.68. The zero-order valence-electron chi connectivity index (χ0n) is 36.0. The molecule has 0 radical (unpaired) electrons. The third kappa shape index (κ3) is 5.59. The zero-order valence-corrected chi connectivity index (χ0v) is 37.6. The molecule has 4 aromatic heterocycles. The number of rotatable bonds is 5. The average molecular weight is 880 g/mol. The molecule has 4 nitrogen and oxygen atoms in total. The van der Waals surface area contributed by atoms with Gasteiger partial charge in [0.05, 0.1) is 0 Å². The molecule has 1 aliphatic rings. The molecule has 0 aliphatic heterocycles. The fraction of sp³-hybridized carbons (Fsp3) is 0.0500. The van der Waals surface area contributed by atoms with Crippen LogP contribution in [0.4, 0.5) is 0 Å². The highest BCUT2D eigenvalue weighted by Crippen LogP contribution is 2.52. The van der Waals surface area contributed by atoms with Crippen molar-refractivity contribution >= 4 is 85.0 Å². The first kappa shape index (κ1) is 37.6. The van der Waals surface area contributed by atoms with Crippen LogP contribution in [-0.4, -0.2) is 15.0 Å². The van der Waals surface area contributed by atoms with Gasteiger partial charge in [0.2, 0.25) is 0 Å². The van der Waals surface area contributed by atoms with Gasteiger partial charge >= 0.3 is 0 Å². The molecule has 0 spiro atoms. The van der Waals surface area contributed by atoms with Crippen LogP contribution in [0.3, 0.4) is 0 Å². The van der Waals surface area contributed by atoms with Crippen molar-refractivity contribution in [1.29, 1.82) is 0 Å². The van der Waals surface area contributed by atoms with E-state index in [1.54, 1.807) is 11.3 Å². The standard InChI is InChI=1S/C60H37N3OS2/c1-60(2)46-21-6-3-16-40(46)54-38(18-10-22-47(54)60)36-14-9-13-34(31-36)35-27-29-48-45(32-35)55-42(19-11-23-49(55)64-48)58-61-57(37-28-30-52-44(33-37)39-15-4-7-24-50(39)65-52)62-59(63-58)43-20-12-26-53-56(43)41-17-5-8-25-51(41)66-53/h3-33H,1-2H3. The molecule has 0 N–H and O–H groups in total. The van der Waals surface area contributed by atoms with Crippen LogP contribution in [0.25, 0.3) is 130 Å². The van der Waals surface area contributed by atoms with Crippen molar-refractivity contribution in [1.82, 2.24) is 15.0 Å². The van der Waals surface area contributed by atoms with E-state index in [1.807, 2.05) is 23.5 Å². The average Bonchev–Trinajstić information content (AvgIpc) is 4.11. The summed E-state index contributed by atoms with van der Waals surface area (Å²) in [6.07, 6.45) is 0. The normalized spacial score (nSPS) is 13.1. The van der Waals surface area contributed by atoms with Gasteiger partial charge in [0.25, 0.3) is 0 Å². The summed E-state index contributed by atoms with van der Waals surface area (Å²) in [5, 5.41) is 6.79. The summed E-state index contributed by atoms with van der Waals surface area (Å²) in [7, 11) is 0. The summed E-state index contributed by atoms with van der Waals surface area (Å²) in [4.78, 5) is 16.1. The molecular formula is C60H37N3OS2. The molecule has 0 saturated heterocycles. The largest absolute Gasteiger partial charge is 0.456 e. The first-order valence-corrected chi connectivity index (χ1v) is 24.0. The summed E-state index contributed by atoms with van der Waals surface area (Å²) in [5.41, 5.74) is 14.5. The highest BCUT2D eigenvalue weighted by atomic mass is 32.1. The number of hydrogen-bond acceptors (Lipinski definition) is 6. The Morgan fingerprint density at radius 2 is 0.939 bits per heavy atom. The van der Waals surface area contributed by atoms with Crippen molar-refractivity contribution in [3.05, 3.63) is 199 Å². The Kier molecular flexibility index (Phi) is 8.04. The Hall–Kier alpha value is -7.77. The number of fused-ring (bicyclic) bond motifs is 12. The van der Waals surface area contributed by atoms with Crippen LogP contribution >= 0.6 is 22.7 Å². The quantitative estimate of drug-likeness (QED) is 0.173. The predicted octanol–water partition coefficient (Wildman–Crippen LogP) is 17.1. The number of nitrogens with zero attached hydrogens (tertiary/aromatic N) is 3. The van der Waals surface area contributed by atoms with Crippen molar-refractivity contribution in [2.45, 2.75) is 19.3 Å². The molecule has 0 unspecified atom stereocenters. The lowest BCUT2D eigenvalue weighted by Crippen LogP contribution is -2.14. The van der Waals surface area contributed by atoms with Crippen LogP contribution < -0.4 is 0 Å². The number of benzene rings is 9. The first-order valence-electron chi connectivity index (χ1n) is 22.3. The van der Waals surface area contributed by atoms with Crippen LogP contribution in [-0.2, 0) is 5.41 Å². The van der Waals surface area contributed by atoms with Gasteiger partial charge < -0.3 is 4.42 Å². The van der Waals surface area contributed by atoms with Gasteiger partial charge in [-0.05, 0) is 105 Å². The van der Waals surface area contributed by atoms with Gasteiger partial charge in [-0.25, -0.2) is 15.0 Å². The number of furan rings is 1. The van der Waals surface area contributed by atoms with Gasteiger partial charge in [-0.3, -0.25) is 0 Å². The lowest BCUT2D eigenvalue weighted by molar-refractivity contribution is 0.660. The molecule has 310 valence electrons. The Bertz CT molecular complexity index is 4170. The van der Waals surface area contributed by atoms with E-state index in [4.69, 9.17) is 19.4 Å². The Morgan fingerprint density at radius 3 is 1.82 bits per heavy atom. The van der Waals surface area contributed by atoms with E-state index in [0.29, 0.717) is 17.5 Å². The van der Waals surface area contributed by atoms with Crippen LogP contribution in [0.1, 0.15) is 25.0 Å². The highest BCUT2D eigenvalue weighted by Gasteiger charge is 2.36. The van der Waals surface area contributed by atoms with Crippen molar-refractivity contribution in [3.63, 3.8) is 0 Å². The summed E-state index contributed by atoms with van der Waals surface area (Å²) < 4.78 is 11.6. The Balaban J connectivity index is 0.956. The smallest absolute Gasteiger partial charge is 0.164 e. The topological polar surface area (TPSA) is 51.8 Å². The molecule has 0 fully saturated rings. The van der Waals surface area contributed by atoms with Gasteiger partial charge in [-0.2, -0.15) is 0 Å². The molecule has 0 bridgehead atoms. The minimum Gasteiger partial charge on any atom is -0.456 e. The maximum atomic E-state index is 6.64. The molecular weight excluding hydrogens is 843 g/mol. The molecule has 14 rings (SSSR count). The number of aromatic nitrogens is 3. The second kappa shape index (κ2) is 14.1. The molecule has 4 heterocycles. The molecule has 1 aliphatic carbocycles. The molecule has 0 atom stereocenters. The predicted molar refractivity (Wildman–Crippen MR) is 278 cm³/mol. The monoisotopic (exact) mass is 879 g/mol. The second-order valence-corrected chi connectivity index (χ2v) is 20.0. The lowest BCUT2D eigenvalue weighted by Gasteiger charge is -2.21. The highest BCUT2D eigenvalue weighted by molar-refractivity contribution is 7.26. The molecule has 13 aromatic rings. The van der Waals surface area contributed by atoms with Gasteiger partial charge in [0, 0.05) is 73.2 Å². The van der Waals surface area contributed by atoms with E-state index in [1.165, 1.54) is 68.3 Å².